The number of nitrogens with one attached hydrogen (secondary N) is 1. The molecule has 160 valence electrons. The molecule has 7 heteroatoms. The maximum atomic E-state index is 13.2. The van der Waals surface area contributed by atoms with Gasteiger partial charge < -0.3 is 19.2 Å². The van der Waals surface area contributed by atoms with Crippen molar-refractivity contribution in [1.82, 2.24) is 0 Å². The second-order valence-corrected chi connectivity index (χ2v) is 8.22. The van der Waals surface area contributed by atoms with Crippen LogP contribution in [0.5, 0.6) is 11.5 Å². The number of hydrogen-bond donors (Lipinski definition) is 1. The van der Waals surface area contributed by atoms with Crippen LogP contribution in [0.25, 0.3) is 22.3 Å². The molecule has 6 nitrogen and oxygen atoms in total. The lowest BCUT2D eigenvalue weighted by atomic mass is 10.0. The SMILES string of the molecule is Cc1c(-c2ccccc2)oc2c(C(=O)Nc3cc4c(cc3Br)OCCO4)cccc2c1=O. The maximum Gasteiger partial charge on any atom is 0.259 e. The summed E-state index contributed by atoms with van der Waals surface area (Å²) in [5.74, 6) is 1.21. The molecule has 1 aromatic heterocycles. The average molecular weight is 492 g/mol. The summed E-state index contributed by atoms with van der Waals surface area (Å²) >= 11 is 3.47. The second-order valence-electron chi connectivity index (χ2n) is 7.36. The van der Waals surface area contributed by atoms with Crippen molar-refractivity contribution in [3.63, 3.8) is 0 Å². The molecule has 1 amide bonds. The second kappa shape index (κ2) is 8.16. The molecule has 0 aliphatic carbocycles. The molecule has 32 heavy (non-hydrogen) atoms. The molecule has 0 atom stereocenters. The lowest BCUT2D eigenvalue weighted by molar-refractivity contribution is 0.102. The first-order valence-electron chi connectivity index (χ1n) is 10.1. The van der Waals surface area contributed by atoms with Crippen molar-refractivity contribution >= 4 is 38.5 Å². The summed E-state index contributed by atoms with van der Waals surface area (Å²) in [6, 6.07) is 17.8. The minimum absolute atomic E-state index is 0.166. The molecule has 1 N–H and O–H groups in total. The number of halogens is 1. The van der Waals surface area contributed by atoms with E-state index in [0.29, 0.717) is 51.6 Å². The summed E-state index contributed by atoms with van der Waals surface area (Å²) in [7, 11) is 0. The molecule has 0 unspecified atom stereocenters. The van der Waals surface area contributed by atoms with Gasteiger partial charge in [-0.25, -0.2) is 0 Å². The van der Waals surface area contributed by atoms with Gasteiger partial charge in [-0.3, -0.25) is 9.59 Å². The molecule has 1 aliphatic heterocycles. The number of ether oxygens (including phenoxy) is 2. The van der Waals surface area contributed by atoms with Crippen molar-refractivity contribution in [1.29, 1.82) is 0 Å². The quantitative estimate of drug-likeness (QED) is 0.406. The summed E-state index contributed by atoms with van der Waals surface area (Å²) in [5, 5.41) is 3.24. The fraction of sp³-hybridized carbons (Fsp3) is 0.120. The fourth-order valence-electron chi connectivity index (χ4n) is 3.70. The lowest BCUT2D eigenvalue weighted by Crippen LogP contribution is -2.17. The summed E-state index contributed by atoms with van der Waals surface area (Å²) in [4.78, 5) is 26.3. The molecule has 0 radical (unpaired) electrons. The van der Waals surface area contributed by atoms with Crippen molar-refractivity contribution in [2.45, 2.75) is 6.92 Å². The zero-order valence-corrected chi connectivity index (χ0v) is 18.7. The molecule has 0 spiro atoms. The Morgan fingerprint density at radius 2 is 1.69 bits per heavy atom. The third-order valence-electron chi connectivity index (χ3n) is 5.31. The average Bonchev–Trinajstić information content (AvgIpc) is 2.82. The summed E-state index contributed by atoms with van der Waals surface area (Å²) in [5.41, 5.74) is 2.13. The first-order valence-corrected chi connectivity index (χ1v) is 10.8. The van der Waals surface area contributed by atoms with Gasteiger partial charge in [0.1, 0.15) is 19.0 Å². The van der Waals surface area contributed by atoms with Gasteiger partial charge in [0.2, 0.25) is 0 Å². The van der Waals surface area contributed by atoms with Crippen LogP contribution in [-0.2, 0) is 0 Å². The number of fused-ring (bicyclic) bond motifs is 2. The van der Waals surface area contributed by atoms with E-state index in [1.54, 1.807) is 37.3 Å². The highest BCUT2D eigenvalue weighted by Gasteiger charge is 2.21. The van der Waals surface area contributed by atoms with Crippen LogP contribution < -0.4 is 20.2 Å². The summed E-state index contributed by atoms with van der Waals surface area (Å²) in [6.45, 7) is 2.65. The van der Waals surface area contributed by atoms with Crippen molar-refractivity contribution in [3.8, 4) is 22.8 Å². The minimum atomic E-state index is -0.404. The third kappa shape index (κ3) is 3.54. The number of para-hydroxylation sites is 1. The molecule has 3 aromatic carbocycles. The number of carbonyl (C=O) groups excluding carboxylic acids is 1. The van der Waals surface area contributed by atoms with E-state index >= 15 is 0 Å². The predicted octanol–water partition coefficient (Wildman–Crippen LogP) is 5.55. The molecule has 2 heterocycles. The molecular weight excluding hydrogens is 474 g/mol. The van der Waals surface area contributed by atoms with Gasteiger partial charge in [-0.2, -0.15) is 0 Å². The van der Waals surface area contributed by atoms with Gasteiger partial charge in [-0.15, -0.1) is 0 Å². The maximum absolute atomic E-state index is 13.2. The van der Waals surface area contributed by atoms with E-state index in [9.17, 15) is 9.59 Å². The van der Waals surface area contributed by atoms with Crippen molar-refractivity contribution < 1.29 is 18.7 Å². The van der Waals surface area contributed by atoms with Crippen molar-refractivity contribution in [3.05, 3.63) is 86.5 Å². The van der Waals surface area contributed by atoms with Gasteiger partial charge in [0, 0.05) is 27.7 Å². The van der Waals surface area contributed by atoms with Crippen LogP contribution in [0.3, 0.4) is 0 Å². The van der Waals surface area contributed by atoms with Crippen molar-refractivity contribution in [2.75, 3.05) is 18.5 Å². The van der Waals surface area contributed by atoms with E-state index in [4.69, 9.17) is 13.9 Å². The van der Waals surface area contributed by atoms with Gasteiger partial charge in [0.15, 0.2) is 22.5 Å². The lowest BCUT2D eigenvalue weighted by Gasteiger charge is -2.20. The van der Waals surface area contributed by atoms with Gasteiger partial charge >= 0.3 is 0 Å². The topological polar surface area (TPSA) is 77.8 Å². The van der Waals surface area contributed by atoms with Crippen LogP contribution in [0.1, 0.15) is 15.9 Å². The highest BCUT2D eigenvalue weighted by molar-refractivity contribution is 9.10. The van der Waals surface area contributed by atoms with Crippen LogP contribution in [0.15, 0.2) is 74.3 Å². The van der Waals surface area contributed by atoms with Crippen LogP contribution in [-0.4, -0.2) is 19.1 Å². The predicted molar refractivity (Wildman–Crippen MR) is 126 cm³/mol. The largest absolute Gasteiger partial charge is 0.486 e. The zero-order chi connectivity index (χ0) is 22.2. The number of amides is 1. The first-order chi connectivity index (χ1) is 15.5. The van der Waals surface area contributed by atoms with E-state index in [1.165, 1.54) is 0 Å². The molecule has 0 saturated heterocycles. The Morgan fingerprint density at radius 1 is 0.969 bits per heavy atom. The molecule has 1 aliphatic rings. The number of carbonyl (C=O) groups is 1. The Balaban J connectivity index is 1.59. The van der Waals surface area contributed by atoms with Crippen LogP contribution in [0, 0.1) is 6.92 Å². The van der Waals surface area contributed by atoms with Gasteiger partial charge in [-0.05, 0) is 35.0 Å². The van der Waals surface area contributed by atoms with Gasteiger partial charge in [-0.1, -0.05) is 36.4 Å². The van der Waals surface area contributed by atoms with Gasteiger partial charge in [0.25, 0.3) is 5.91 Å². The first kappa shape index (κ1) is 20.3. The number of anilines is 1. The van der Waals surface area contributed by atoms with Crippen molar-refractivity contribution in [2.24, 2.45) is 0 Å². The zero-order valence-electron chi connectivity index (χ0n) is 17.1. The highest BCUT2D eigenvalue weighted by atomic mass is 79.9. The standard InChI is InChI=1S/C25H18BrNO5/c1-14-22(28)16-8-5-9-17(24(16)32-23(14)15-6-3-2-4-7-15)25(29)27-19-13-21-20(12-18(19)26)30-10-11-31-21/h2-9,12-13H,10-11H2,1H3,(H,27,29). The molecular formula is C25H18BrNO5. The molecule has 0 bridgehead atoms. The molecule has 4 aromatic rings. The van der Waals surface area contributed by atoms with E-state index < -0.39 is 5.91 Å². The third-order valence-corrected chi connectivity index (χ3v) is 5.96. The fourth-order valence-corrected chi connectivity index (χ4v) is 4.12. The van der Waals surface area contributed by atoms with E-state index in [1.807, 2.05) is 30.3 Å². The Bertz CT molecular complexity index is 1410. The Kier molecular flexibility index (Phi) is 5.19. The number of hydrogen-bond acceptors (Lipinski definition) is 5. The van der Waals surface area contributed by atoms with E-state index in [2.05, 4.69) is 21.2 Å². The Labute approximate surface area is 191 Å². The Morgan fingerprint density at radius 3 is 2.44 bits per heavy atom. The number of benzene rings is 3. The Hall–Kier alpha value is -3.58. The van der Waals surface area contributed by atoms with Crippen LogP contribution in [0.4, 0.5) is 5.69 Å². The number of rotatable bonds is 3. The molecule has 0 saturated carbocycles. The summed E-state index contributed by atoms with van der Waals surface area (Å²) < 4.78 is 18.0. The van der Waals surface area contributed by atoms with E-state index in [-0.39, 0.29) is 16.6 Å². The highest BCUT2D eigenvalue weighted by Crippen LogP contribution is 2.38. The van der Waals surface area contributed by atoms with Crippen LogP contribution >= 0.6 is 15.9 Å². The smallest absolute Gasteiger partial charge is 0.259 e. The van der Waals surface area contributed by atoms with Gasteiger partial charge in [0.05, 0.1) is 16.6 Å². The molecule has 0 fully saturated rings. The minimum Gasteiger partial charge on any atom is -0.486 e. The monoisotopic (exact) mass is 491 g/mol. The molecule has 5 rings (SSSR count). The normalized spacial score (nSPS) is 12.6. The summed E-state index contributed by atoms with van der Waals surface area (Å²) in [6.07, 6.45) is 0. The van der Waals surface area contributed by atoms with Crippen LogP contribution in [0.2, 0.25) is 0 Å². The van der Waals surface area contributed by atoms with E-state index in [0.717, 1.165) is 5.56 Å².